The first kappa shape index (κ1) is 26.2. The molecule has 2 aliphatic rings. The van der Waals surface area contributed by atoms with Gasteiger partial charge in [-0.1, -0.05) is 61.2 Å². The Morgan fingerprint density at radius 2 is 1.56 bits per heavy atom. The average molecular weight is 480 g/mol. The van der Waals surface area contributed by atoms with E-state index in [-0.39, 0.29) is 12.5 Å². The second-order valence-electron chi connectivity index (χ2n) is 9.27. The molecule has 1 aliphatic heterocycles. The van der Waals surface area contributed by atoms with Crippen LogP contribution in [0.1, 0.15) is 37.7 Å². The summed E-state index contributed by atoms with van der Waals surface area (Å²) in [6.45, 7) is 6.78. The Hall–Kier alpha value is -2.37. The lowest BCUT2D eigenvalue weighted by Gasteiger charge is -2.31. The largest absolute Gasteiger partial charge is 0.341 e. The molecule has 1 saturated heterocycles. The molecule has 2 aromatic carbocycles. The van der Waals surface area contributed by atoms with Gasteiger partial charge in [0.2, 0.25) is 5.91 Å². The highest BCUT2D eigenvalue weighted by molar-refractivity contribution is 7.97. The monoisotopic (exact) mass is 479 g/mol. The molecule has 1 saturated carbocycles. The molecule has 1 heterocycles. The Labute approximate surface area is 208 Å². The minimum Gasteiger partial charge on any atom is -0.341 e. The molecule has 3 N–H and O–H groups in total. The predicted octanol–water partition coefficient (Wildman–Crippen LogP) is 4.20. The summed E-state index contributed by atoms with van der Waals surface area (Å²) < 4.78 is 2.46. The van der Waals surface area contributed by atoms with Gasteiger partial charge in [-0.05, 0) is 62.0 Å². The molecular weight excluding hydrogens is 442 g/mol. The zero-order valence-corrected chi connectivity index (χ0v) is 21.2. The topological polar surface area (TPSA) is 85.4 Å². The summed E-state index contributed by atoms with van der Waals surface area (Å²) in [7, 11) is 2.19. The van der Waals surface area contributed by atoms with Crippen LogP contribution in [0.15, 0.2) is 53.4 Å². The third kappa shape index (κ3) is 7.85. The van der Waals surface area contributed by atoms with Crippen LogP contribution in [0.2, 0.25) is 0 Å². The first-order chi connectivity index (χ1) is 16.4. The van der Waals surface area contributed by atoms with Crippen LogP contribution in [0, 0.1) is 18.3 Å². The molecule has 4 rings (SSSR count). The minimum absolute atomic E-state index is 0.0534. The van der Waals surface area contributed by atoms with Crippen molar-refractivity contribution in [2.75, 3.05) is 39.8 Å². The van der Waals surface area contributed by atoms with Crippen molar-refractivity contribution in [3.05, 3.63) is 54.1 Å². The van der Waals surface area contributed by atoms with E-state index in [1.165, 1.54) is 21.6 Å². The molecular formula is C27H37N5OS. The SMILES string of the molecule is Cc1ccc(-c2ccc(SN3CCN(C)CC3)cc2)cc1.N#CCNC(=O)C1(N)CCCCC1. The lowest BCUT2D eigenvalue weighted by Crippen LogP contribution is -2.55. The number of nitrogens with zero attached hydrogens (tertiary/aromatic N) is 3. The summed E-state index contributed by atoms with van der Waals surface area (Å²) in [5.41, 5.74) is 9.09. The molecule has 2 fully saturated rings. The highest BCUT2D eigenvalue weighted by Crippen LogP contribution is 2.27. The van der Waals surface area contributed by atoms with Crippen molar-refractivity contribution in [3.8, 4) is 17.2 Å². The number of rotatable bonds is 5. The van der Waals surface area contributed by atoms with Crippen LogP contribution in [0.5, 0.6) is 0 Å². The van der Waals surface area contributed by atoms with Crippen LogP contribution >= 0.6 is 11.9 Å². The van der Waals surface area contributed by atoms with Crippen LogP contribution in [-0.2, 0) is 4.79 Å². The number of benzene rings is 2. The Morgan fingerprint density at radius 3 is 2.12 bits per heavy atom. The molecule has 0 bridgehead atoms. The minimum atomic E-state index is -0.713. The van der Waals surface area contributed by atoms with Crippen molar-refractivity contribution in [2.24, 2.45) is 5.73 Å². The van der Waals surface area contributed by atoms with Gasteiger partial charge in [0.05, 0.1) is 11.6 Å². The highest BCUT2D eigenvalue weighted by Gasteiger charge is 2.34. The Kier molecular flexibility index (Phi) is 9.97. The summed E-state index contributed by atoms with van der Waals surface area (Å²) in [5.74, 6) is -0.172. The van der Waals surface area contributed by atoms with E-state index in [1.807, 2.05) is 18.0 Å². The summed E-state index contributed by atoms with van der Waals surface area (Å²) in [4.78, 5) is 15.2. The number of nitrogens with one attached hydrogen (secondary N) is 1. The average Bonchev–Trinajstić information content (AvgIpc) is 2.86. The van der Waals surface area contributed by atoms with Gasteiger partial charge in [0.15, 0.2) is 0 Å². The molecule has 2 aromatic rings. The zero-order valence-electron chi connectivity index (χ0n) is 20.4. The first-order valence-electron chi connectivity index (χ1n) is 12.1. The predicted molar refractivity (Wildman–Crippen MR) is 140 cm³/mol. The number of carbonyl (C=O) groups excluding carboxylic acids is 1. The van der Waals surface area contributed by atoms with Crippen molar-refractivity contribution in [1.82, 2.24) is 14.5 Å². The van der Waals surface area contributed by atoms with E-state index in [0.717, 1.165) is 58.3 Å². The van der Waals surface area contributed by atoms with E-state index >= 15 is 0 Å². The van der Waals surface area contributed by atoms with E-state index in [9.17, 15) is 4.79 Å². The standard InChI is InChI=1S/C18H22N2S.C9H15N3O/c1-15-3-5-16(6-4-15)17-7-9-18(10-8-17)21-20-13-11-19(2)12-14-20;10-6-7-12-8(13)9(11)4-2-1-3-5-9/h3-10H,11-14H2,1-2H3;1-5,7,11H2,(H,12,13). The van der Waals surface area contributed by atoms with E-state index in [1.54, 1.807) is 0 Å². The van der Waals surface area contributed by atoms with Gasteiger partial charge in [-0.15, -0.1) is 0 Å². The molecule has 6 nitrogen and oxygen atoms in total. The summed E-state index contributed by atoms with van der Waals surface area (Å²) in [5, 5.41) is 10.8. The number of piperazine rings is 1. The van der Waals surface area contributed by atoms with Crippen molar-refractivity contribution in [1.29, 1.82) is 5.26 Å². The second kappa shape index (κ2) is 12.9. The third-order valence-electron chi connectivity index (χ3n) is 6.46. The van der Waals surface area contributed by atoms with Crippen LogP contribution < -0.4 is 11.1 Å². The lowest BCUT2D eigenvalue weighted by atomic mass is 9.82. The van der Waals surface area contributed by atoms with Gasteiger partial charge in [-0.3, -0.25) is 4.79 Å². The summed E-state index contributed by atoms with van der Waals surface area (Å²) >= 11 is 1.88. The van der Waals surface area contributed by atoms with Gasteiger partial charge in [-0.2, -0.15) is 5.26 Å². The van der Waals surface area contributed by atoms with Crippen molar-refractivity contribution in [2.45, 2.75) is 49.5 Å². The Morgan fingerprint density at radius 1 is 1.00 bits per heavy atom. The maximum absolute atomic E-state index is 11.5. The molecule has 0 spiro atoms. The van der Waals surface area contributed by atoms with E-state index in [0.29, 0.717) is 0 Å². The number of aryl methyl sites for hydroxylation is 1. The van der Waals surface area contributed by atoms with E-state index in [4.69, 9.17) is 11.0 Å². The summed E-state index contributed by atoms with van der Waals surface area (Å²) in [6, 6.07) is 19.5. The second-order valence-corrected chi connectivity index (χ2v) is 10.4. The Bertz CT molecular complexity index is 940. The number of likely N-dealkylation sites (N-methyl/N-ethyl adjacent to an activating group) is 1. The zero-order chi connectivity index (χ0) is 24.4. The lowest BCUT2D eigenvalue weighted by molar-refractivity contribution is -0.127. The molecule has 1 amide bonds. The fourth-order valence-electron chi connectivity index (χ4n) is 4.19. The number of amides is 1. The molecule has 0 radical (unpaired) electrons. The highest BCUT2D eigenvalue weighted by atomic mass is 32.2. The molecule has 34 heavy (non-hydrogen) atoms. The molecule has 0 aromatic heterocycles. The maximum atomic E-state index is 11.5. The smallest absolute Gasteiger partial charge is 0.240 e. The van der Waals surface area contributed by atoms with Gasteiger partial charge in [0, 0.05) is 31.1 Å². The van der Waals surface area contributed by atoms with Crippen molar-refractivity contribution >= 4 is 17.9 Å². The van der Waals surface area contributed by atoms with Gasteiger partial charge >= 0.3 is 0 Å². The van der Waals surface area contributed by atoms with Gasteiger partial charge in [0.25, 0.3) is 0 Å². The Balaban J connectivity index is 0.000000215. The third-order valence-corrected chi connectivity index (χ3v) is 7.57. The van der Waals surface area contributed by atoms with E-state index in [2.05, 4.69) is 77.0 Å². The van der Waals surface area contributed by atoms with Crippen LogP contribution in [0.25, 0.3) is 11.1 Å². The number of nitriles is 1. The van der Waals surface area contributed by atoms with Crippen LogP contribution in [-0.4, -0.2) is 60.4 Å². The van der Waals surface area contributed by atoms with Gasteiger partial charge < -0.3 is 16.0 Å². The molecule has 182 valence electrons. The van der Waals surface area contributed by atoms with Crippen LogP contribution in [0.4, 0.5) is 0 Å². The van der Waals surface area contributed by atoms with Gasteiger partial charge in [-0.25, -0.2) is 4.31 Å². The first-order valence-corrected chi connectivity index (χ1v) is 12.9. The fourth-order valence-corrected chi connectivity index (χ4v) is 5.09. The number of hydrogen-bond donors (Lipinski definition) is 2. The number of carbonyl (C=O) groups is 1. The molecule has 7 heteroatoms. The maximum Gasteiger partial charge on any atom is 0.240 e. The number of nitrogens with two attached hydrogens (primary N) is 1. The molecule has 1 aliphatic carbocycles. The van der Waals surface area contributed by atoms with Crippen molar-refractivity contribution < 1.29 is 4.79 Å². The fraction of sp³-hybridized carbons (Fsp3) is 0.481. The van der Waals surface area contributed by atoms with E-state index < -0.39 is 5.54 Å². The normalized spacial score (nSPS) is 18.3. The number of hydrogen-bond acceptors (Lipinski definition) is 6. The van der Waals surface area contributed by atoms with Gasteiger partial charge in [0.1, 0.15) is 6.54 Å². The molecule has 0 unspecified atom stereocenters. The van der Waals surface area contributed by atoms with Crippen molar-refractivity contribution in [3.63, 3.8) is 0 Å². The van der Waals surface area contributed by atoms with Crippen LogP contribution in [0.3, 0.4) is 0 Å². The quantitative estimate of drug-likeness (QED) is 0.494. The molecule has 0 atom stereocenters. The summed E-state index contributed by atoms with van der Waals surface area (Å²) in [6.07, 6.45) is 4.66.